The topological polar surface area (TPSA) is 29.5 Å². The van der Waals surface area contributed by atoms with Crippen molar-refractivity contribution < 1.29 is 9.53 Å². The van der Waals surface area contributed by atoms with E-state index in [1.807, 2.05) is 13.8 Å². The first kappa shape index (κ1) is 12.0. The number of hydrogen-bond acceptors (Lipinski definition) is 3. The van der Waals surface area contributed by atoms with Crippen LogP contribution in [0.2, 0.25) is 0 Å². The summed E-state index contributed by atoms with van der Waals surface area (Å²) >= 11 is 1.71. The molecule has 0 aliphatic rings. The van der Waals surface area contributed by atoms with E-state index in [1.165, 1.54) is 9.75 Å². The van der Waals surface area contributed by atoms with Crippen LogP contribution in [0.4, 0.5) is 4.79 Å². The van der Waals surface area contributed by atoms with E-state index in [9.17, 15) is 4.79 Å². The van der Waals surface area contributed by atoms with E-state index >= 15 is 0 Å². The fourth-order valence-corrected chi connectivity index (χ4v) is 2.22. The Bertz CT molecular complexity index is 335. The maximum atomic E-state index is 11.5. The molecule has 0 fully saturated rings. The van der Waals surface area contributed by atoms with E-state index in [2.05, 4.69) is 19.1 Å². The molecule has 0 radical (unpaired) electrons. The summed E-state index contributed by atoms with van der Waals surface area (Å²) in [5.74, 6) is 0. The molecule has 0 saturated carbocycles. The molecule has 4 heteroatoms. The minimum absolute atomic E-state index is 0.0720. The molecule has 0 saturated heterocycles. The maximum absolute atomic E-state index is 11.5. The van der Waals surface area contributed by atoms with Gasteiger partial charge in [0.1, 0.15) is 0 Å². The highest BCUT2D eigenvalue weighted by Crippen LogP contribution is 2.26. The Hall–Kier alpha value is -1.03. The second-order valence-electron chi connectivity index (χ2n) is 3.43. The first-order valence-corrected chi connectivity index (χ1v) is 5.83. The Morgan fingerprint density at radius 3 is 2.73 bits per heavy atom. The van der Waals surface area contributed by atoms with Crippen LogP contribution < -0.4 is 0 Å². The summed E-state index contributed by atoms with van der Waals surface area (Å²) in [6.45, 7) is 6.29. The molecule has 3 nitrogen and oxygen atoms in total. The lowest BCUT2D eigenvalue weighted by atomic mass is 10.2. The monoisotopic (exact) mass is 227 g/mol. The number of rotatable bonds is 3. The molecule has 1 rings (SSSR count). The van der Waals surface area contributed by atoms with Crippen molar-refractivity contribution in [1.82, 2.24) is 4.90 Å². The van der Waals surface area contributed by atoms with Crippen LogP contribution in [0.15, 0.2) is 12.1 Å². The SMILES string of the molecule is CCOC(=O)N(C)C(C)c1ccc(C)s1. The van der Waals surface area contributed by atoms with Crippen molar-refractivity contribution >= 4 is 17.4 Å². The molecule has 1 aromatic heterocycles. The number of amides is 1. The van der Waals surface area contributed by atoms with Crippen LogP contribution >= 0.6 is 11.3 Å². The minimum atomic E-state index is -0.268. The molecule has 84 valence electrons. The highest BCUT2D eigenvalue weighted by molar-refractivity contribution is 7.12. The van der Waals surface area contributed by atoms with Crippen LogP contribution in [0.25, 0.3) is 0 Å². The quantitative estimate of drug-likeness (QED) is 0.793. The van der Waals surface area contributed by atoms with Crippen molar-refractivity contribution in [3.05, 3.63) is 21.9 Å². The summed E-state index contributed by atoms with van der Waals surface area (Å²) in [6.07, 6.45) is -0.268. The van der Waals surface area contributed by atoms with Gasteiger partial charge in [-0.1, -0.05) is 0 Å². The van der Waals surface area contributed by atoms with Gasteiger partial charge in [-0.2, -0.15) is 0 Å². The Morgan fingerprint density at radius 1 is 1.60 bits per heavy atom. The Labute approximate surface area is 94.7 Å². The normalized spacial score (nSPS) is 12.3. The highest BCUT2D eigenvalue weighted by atomic mass is 32.1. The molecule has 1 atom stereocenters. The third-order valence-electron chi connectivity index (χ3n) is 2.31. The molecular weight excluding hydrogens is 210 g/mol. The van der Waals surface area contributed by atoms with Gasteiger partial charge in [0.05, 0.1) is 12.6 Å². The molecule has 0 bridgehead atoms. The molecule has 0 N–H and O–H groups in total. The second kappa shape index (κ2) is 5.16. The van der Waals surface area contributed by atoms with Gasteiger partial charge in [0.25, 0.3) is 0 Å². The minimum Gasteiger partial charge on any atom is -0.450 e. The molecule has 0 aromatic carbocycles. The number of thiophene rings is 1. The molecule has 15 heavy (non-hydrogen) atoms. The predicted molar refractivity (Wildman–Crippen MR) is 62.3 cm³/mol. The van der Waals surface area contributed by atoms with Crippen LogP contribution in [0, 0.1) is 6.92 Å². The first-order valence-electron chi connectivity index (χ1n) is 5.02. The van der Waals surface area contributed by atoms with Gasteiger partial charge in [0.2, 0.25) is 0 Å². The van der Waals surface area contributed by atoms with Crippen LogP contribution in [0.3, 0.4) is 0 Å². The zero-order chi connectivity index (χ0) is 11.4. The van der Waals surface area contributed by atoms with E-state index in [4.69, 9.17) is 4.74 Å². The summed E-state index contributed by atoms with van der Waals surface area (Å²) in [4.78, 5) is 15.5. The van der Waals surface area contributed by atoms with E-state index in [0.717, 1.165) is 0 Å². The average molecular weight is 227 g/mol. The third-order valence-corrected chi connectivity index (χ3v) is 3.48. The zero-order valence-corrected chi connectivity index (χ0v) is 10.4. The van der Waals surface area contributed by atoms with Crippen LogP contribution in [0.1, 0.15) is 29.6 Å². The lowest BCUT2D eigenvalue weighted by Crippen LogP contribution is -2.29. The number of hydrogen-bond donors (Lipinski definition) is 0. The number of aryl methyl sites for hydroxylation is 1. The second-order valence-corrected chi connectivity index (χ2v) is 4.75. The summed E-state index contributed by atoms with van der Waals surface area (Å²) in [5.41, 5.74) is 0. The standard InChI is InChI=1S/C11H17NO2S/c1-5-14-11(13)12(4)9(3)10-7-6-8(2)15-10/h6-7,9H,5H2,1-4H3. The summed E-state index contributed by atoms with van der Waals surface area (Å²) < 4.78 is 4.94. The molecule has 1 aromatic rings. The molecule has 1 heterocycles. The zero-order valence-electron chi connectivity index (χ0n) is 9.61. The highest BCUT2D eigenvalue weighted by Gasteiger charge is 2.19. The van der Waals surface area contributed by atoms with E-state index in [0.29, 0.717) is 6.61 Å². The molecule has 0 aliphatic heterocycles. The maximum Gasteiger partial charge on any atom is 0.410 e. The fraction of sp³-hybridized carbons (Fsp3) is 0.545. The van der Waals surface area contributed by atoms with Crippen molar-refractivity contribution in [2.75, 3.05) is 13.7 Å². The Morgan fingerprint density at radius 2 is 2.27 bits per heavy atom. The Balaban J connectivity index is 2.67. The van der Waals surface area contributed by atoms with Gasteiger partial charge in [0, 0.05) is 16.8 Å². The number of carbonyl (C=O) groups is 1. The molecule has 1 unspecified atom stereocenters. The van der Waals surface area contributed by atoms with Gasteiger partial charge < -0.3 is 9.64 Å². The Kier molecular flexibility index (Phi) is 4.15. The lowest BCUT2D eigenvalue weighted by Gasteiger charge is -2.22. The van der Waals surface area contributed by atoms with E-state index in [1.54, 1.807) is 23.3 Å². The van der Waals surface area contributed by atoms with Gasteiger partial charge in [-0.05, 0) is 32.9 Å². The molecule has 0 spiro atoms. The summed E-state index contributed by atoms with van der Waals surface area (Å²) in [7, 11) is 1.76. The van der Waals surface area contributed by atoms with E-state index in [-0.39, 0.29) is 12.1 Å². The van der Waals surface area contributed by atoms with Crippen LogP contribution in [-0.4, -0.2) is 24.6 Å². The van der Waals surface area contributed by atoms with E-state index < -0.39 is 0 Å². The van der Waals surface area contributed by atoms with Crippen molar-refractivity contribution in [3.8, 4) is 0 Å². The number of ether oxygens (including phenoxy) is 1. The predicted octanol–water partition coefficient (Wildman–Crippen LogP) is 3.21. The molecule has 0 aliphatic carbocycles. The van der Waals surface area contributed by atoms with Gasteiger partial charge in [0.15, 0.2) is 0 Å². The summed E-state index contributed by atoms with van der Waals surface area (Å²) in [6, 6.07) is 4.19. The number of carbonyl (C=O) groups excluding carboxylic acids is 1. The first-order chi connectivity index (χ1) is 7.06. The summed E-state index contributed by atoms with van der Waals surface area (Å²) in [5, 5.41) is 0. The van der Waals surface area contributed by atoms with Gasteiger partial charge in [-0.3, -0.25) is 0 Å². The largest absolute Gasteiger partial charge is 0.450 e. The van der Waals surface area contributed by atoms with Gasteiger partial charge >= 0.3 is 6.09 Å². The van der Waals surface area contributed by atoms with Crippen LogP contribution in [0.5, 0.6) is 0 Å². The lowest BCUT2D eigenvalue weighted by molar-refractivity contribution is 0.105. The van der Waals surface area contributed by atoms with Crippen molar-refractivity contribution in [3.63, 3.8) is 0 Å². The molecular formula is C11H17NO2S. The third kappa shape index (κ3) is 2.96. The average Bonchev–Trinajstić information content (AvgIpc) is 2.63. The van der Waals surface area contributed by atoms with Gasteiger partial charge in [-0.15, -0.1) is 11.3 Å². The van der Waals surface area contributed by atoms with Gasteiger partial charge in [-0.25, -0.2) is 4.79 Å². The van der Waals surface area contributed by atoms with Crippen LogP contribution in [-0.2, 0) is 4.74 Å². The smallest absolute Gasteiger partial charge is 0.410 e. The van der Waals surface area contributed by atoms with Crippen molar-refractivity contribution in [1.29, 1.82) is 0 Å². The number of nitrogens with zero attached hydrogens (tertiary/aromatic N) is 1. The molecule has 1 amide bonds. The fourth-order valence-electron chi connectivity index (χ4n) is 1.25. The van der Waals surface area contributed by atoms with Crippen molar-refractivity contribution in [2.45, 2.75) is 26.8 Å². The van der Waals surface area contributed by atoms with Crippen molar-refractivity contribution in [2.24, 2.45) is 0 Å².